The number of aliphatic hydroxyl groups excluding tert-OH is 1. The summed E-state index contributed by atoms with van der Waals surface area (Å²) in [5.74, 6) is 1.22. The van der Waals surface area contributed by atoms with Crippen molar-refractivity contribution in [3.05, 3.63) is 77.6 Å². The van der Waals surface area contributed by atoms with E-state index in [0.29, 0.717) is 12.2 Å². The highest BCUT2D eigenvalue weighted by atomic mass is 16.3. The van der Waals surface area contributed by atoms with Crippen molar-refractivity contribution >= 4 is 11.7 Å². The summed E-state index contributed by atoms with van der Waals surface area (Å²) in [7, 11) is 0. The van der Waals surface area contributed by atoms with Crippen LogP contribution in [0.1, 0.15) is 55.3 Å². The molecule has 0 saturated heterocycles. The van der Waals surface area contributed by atoms with E-state index in [-0.39, 0.29) is 12.5 Å². The number of hydrogen-bond donors (Lipinski definition) is 2. The van der Waals surface area contributed by atoms with Crippen LogP contribution in [-0.2, 0) is 24.2 Å². The summed E-state index contributed by atoms with van der Waals surface area (Å²) in [5, 5.41) is 12.3. The molecular weight excluding hydrogens is 398 g/mol. The van der Waals surface area contributed by atoms with Gasteiger partial charge in [0.2, 0.25) is 5.91 Å². The van der Waals surface area contributed by atoms with Crippen LogP contribution in [0.3, 0.4) is 0 Å². The lowest BCUT2D eigenvalue weighted by Crippen LogP contribution is -2.18. The van der Waals surface area contributed by atoms with E-state index in [1.165, 1.54) is 32.1 Å². The molecule has 0 spiro atoms. The van der Waals surface area contributed by atoms with Gasteiger partial charge in [-0.15, -0.1) is 0 Å². The molecule has 1 aliphatic carbocycles. The monoisotopic (exact) mass is 429 g/mol. The van der Waals surface area contributed by atoms with Gasteiger partial charge in [0.15, 0.2) is 5.82 Å². The summed E-state index contributed by atoms with van der Waals surface area (Å²) in [6.45, 7) is 0.0188. The third-order valence-electron chi connectivity index (χ3n) is 6.26. The van der Waals surface area contributed by atoms with E-state index in [1.807, 2.05) is 54.6 Å². The minimum Gasteiger partial charge on any atom is -0.392 e. The van der Waals surface area contributed by atoms with E-state index in [4.69, 9.17) is 4.98 Å². The van der Waals surface area contributed by atoms with Crippen molar-refractivity contribution < 1.29 is 9.90 Å². The van der Waals surface area contributed by atoms with E-state index in [1.54, 1.807) is 6.20 Å². The van der Waals surface area contributed by atoms with Gasteiger partial charge in [-0.25, -0.2) is 9.97 Å². The summed E-state index contributed by atoms with van der Waals surface area (Å²) in [6.07, 6.45) is 10.4. The molecule has 5 nitrogen and oxygen atoms in total. The number of benzene rings is 2. The Labute approximate surface area is 189 Å². The number of amides is 1. The van der Waals surface area contributed by atoms with Crippen molar-refractivity contribution in [2.24, 2.45) is 5.92 Å². The first-order chi connectivity index (χ1) is 15.7. The molecule has 5 heteroatoms. The number of carbonyl (C=O) groups is 1. The predicted octanol–water partition coefficient (Wildman–Crippen LogP) is 5.33. The fraction of sp³-hybridized carbons (Fsp3) is 0.370. The number of rotatable bonds is 8. The second-order valence-electron chi connectivity index (χ2n) is 8.66. The standard InChI is InChI=1S/C27H31N3O2/c31-19-22-11-14-23(15-12-22)25-18-28-27(30-26(32)17-21-9-5-2-6-10-21)24(29-25)16-13-20-7-3-1-4-8-20/h2,5-6,9-12,14-15,18,20,31H,1,3-4,7-8,13,16-17,19H2,(H,28,30,32). The topological polar surface area (TPSA) is 75.1 Å². The molecule has 0 atom stereocenters. The van der Waals surface area contributed by atoms with Gasteiger partial charge in [-0.2, -0.15) is 0 Å². The van der Waals surface area contributed by atoms with Crippen LogP contribution in [0.4, 0.5) is 5.82 Å². The number of carbonyl (C=O) groups excluding carboxylic acids is 1. The number of aliphatic hydroxyl groups is 1. The van der Waals surface area contributed by atoms with Crippen molar-refractivity contribution in [3.63, 3.8) is 0 Å². The molecule has 1 aliphatic rings. The number of nitrogens with one attached hydrogen (secondary N) is 1. The zero-order valence-electron chi connectivity index (χ0n) is 18.5. The summed E-state index contributed by atoms with van der Waals surface area (Å²) in [4.78, 5) is 22.2. The van der Waals surface area contributed by atoms with Gasteiger partial charge in [0.25, 0.3) is 0 Å². The molecule has 4 rings (SSSR count). The number of aromatic nitrogens is 2. The van der Waals surface area contributed by atoms with Crippen molar-refractivity contribution in [2.45, 2.75) is 58.0 Å². The summed E-state index contributed by atoms with van der Waals surface area (Å²) >= 11 is 0. The van der Waals surface area contributed by atoms with E-state index in [9.17, 15) is 9.90 Å². The van der Waals surface area contributed by atoms with E-state index < -0.39 is 0 Å². The van der Waals surface area contributed by atoms with E-state index in [2.05, 4.69) is 10.3 Å². The van der Waals surface area contributed by atoms with Gasteiger partial charge in [-0.3, -0.25) is 4.79 Å². The Morgan fingerprint density at radius 2 is 1.72 bits per heavy atom. The maximum Gasteiger partial charge on any atom is 0.229 e. The average Bonchev–Trinajstić information content (AvgIpc) is 2.84. The summed E-state index contributed by atoms with van der Waals surface area (Å²) in [6, 6.07) is 17.4. The lowest BCUT2D eigenvalue weighted by atomic mass is 9.86. The fourth-order valence-corrected chi connectivity index (χ4v) is 4.40. The first kappa shape index (κ1) is 22.2. The first-order valence-electron chi connectivity index (χ1n) is 11.6. The number of aryl methyl sites for hydroxylation is 1. The molecule has 1 heterocycles. The zero-order chi connectivity index (χ0) is 22.2. The number of hydrogen-bond acceptors (Lipinski definition) is 4. The molecule has 0 bridgehead atoms. The Balaban J connectivity index is 1.53. The molecule has 32 heavy (non-hydrogen) atoms. The highest BCUT2D eigenvalue weighted by Crippen LogP contribution is 2.29. The molecule has 2 N–H and O–H groups in total. The second kappa shape index (κ2) is 11.0. The van der Waals surface area contributed by atoms with E-state index >= 15 is 0 Å². The quantitative estimate of drug-likeness (QED) is 0.507. The van der Waals surface area contributed by atoms with Crippen molar-refractivity contribution in [1.29, 1.82) is 0 Å². The van der Waals surface area contributed by atoms with Crippen LogP contribution in [0.25, 0.3) is 11.3 Å². The highest BCUT2D eigenvalue weighted by Gasteiger charge is 2.17. The van der Waals surface area contributed by atoms with Crippen LogP contribution in [0, 0.1) is 5.92 Å². The van der Waals surface area contributed by atoms with Crippen LogP contribution in [0.15, 0.2) is 60.8 Å². The normalized spacial score (nSPS) is 14.3. The van der Waals surface area contributed by atoms with Gasteiger partial charge in [-0.1, -0.05) is 86.7 Å². The van der Waals surface area contributed by atoms with Gasteiger partial charge in [0, 0.05) is 5.56 Å². The van der Waals surface area contributed by atoms with Crippen LogP contribution < -0.4 is 5.32 Å². The van der Waals surface area contributed by atoms with Crippen LogP contribution >= 0.6 is 0 Å². The molecule has 3 aromatic rings. The van der Waals surface area contributed by atoms with Gasteiger partial charge >= 0.3 is 0 Å². The third kappa shape index (κ3) is 6.01. The third-order valence-corrected chi connectivity index (χ3v) is 6.26. The zero-order valence-corrected chi connectivity index (χ0v) is 18.5. The van der Waals surface area contributed by atoms with Crippen LogP contribution in [0.5, 0.6) is 0 Å². The smallest absolute Gasteiger partial charge is 0.229 e. The van der Waals surface area contributed by atoms with Gasteiger partial charge < -0.3 is 10.4 Å². The Morgan fingerprint density at radius 3 is 2.44 bits per heavy atom. The number of nitrogens with zero attached hydrogens (tertiary/aromatic N) is 2. The maximum atomic E-state index is 12.7. The largest absolute Gasteiger partial charge is 0.392 e. The predicted molar refractivity (Wildman–Crippen MR) is 127 cm³/mol. The second-order valence-corrected chi connectivity index (χ2v) is 8.66. The minimum atomic E-state index is -0.0792. The Morgan fingerprint density at radius 1 is 0.969 bits per heavy atom. The highest BCUT2D eigenvalue weighted by molar-refractivity contribution is 5.91. The number of anilines is 1. The molecule has 166 valence electrons. The molecule has 0 unspecified atom stereocenters. The molecular formula is C27H31N3O2. The lowest BCUT2D eigenvalue weighted by molar-refractivity contribution is -0.115. The Kier molecular flexibility index (Phi) is 7.62. The van der Waals surface area contributed by atoms with Crippen LogP contribution in [0.2, 0.25) is 0 Å². The van der Waals surface area contributed by atoms with Crippen molar-refractivity contribution in [2.75, 3.05) is 5.32 Å². The molecule has 1 fully saturated rings. The summed E-state index contributed by atoms with van der Waals surface area (Å²) < 4.78 is 0. The molecule has 1 amide bonds. The van der Waals surface area contributed by atoms with Gasteiger partial charge in [0.05, 0.1) is 30.6 Å². The van der Waals surface area contributed by atoms with Gasteiger partial charge in [0.1, 0.15) is 0 Å². The van der Waals surface area contributed by atoms with Crippen molar-refractivity contribution in [3.8, 4) is 11.3 Å². The summed E-state index contributed by atoms with van der Waals surface area (Å²) in [5.41, 5.74) is 4.43. The average molecular weight is 430 g/mol. The SMILES string of the molecule is O=C(Cc1ccccc1)Nc1ncc(-c2ccc(CO)cc2)nc1CCC1CCCCC1. The maximum absolute atomic E-state index is 12.7. The molecule has 1 aromatic heterocycles. The lowest BCUT2D eigenvalue weighted by Gasteiger charge is -2.21. The van der Waals surface area contributed by atoms with Crippen molar-refractivity contribution in [1.82, 2.24) is 9.97 Å². The van der Waals surface area contributed by atoms with E-state index in [0.717, 1.165) is 46.8 Å². The molecule has 0 radical (unpaired) electrons. The molecule has 1 saturated carbocycles. The van der Waals surface area contributed by atoms with Gasteiger partial charge in [-0.05, 0) is 29.9 Å². The fourth-order valence-electron chi connectivity index (χ4n) is 4.40. The minimum absolute atomic E-state index is 0.0188. The Bertz CT molecular complexity index is 1010. The molecule has 0 aliphatic heterocycles. The Hall–Kier alpha value is -3.05. The van der Waals surface area contributed by atoms with Crippen LogP contribution in [-0.4, -0.2) is 21.0 Å². The molecule has 2 aromatic carbocycles. The first-order valence-corrected chi connectivity index (χ1v) is 11.6.